The number of carbonyl (C=O) groups is 1. The minimum Gasteiger partial charge on any atom is -0.346 e. The molecule has 1 amide bonds. The third kappa shape index (κ3) is 3.53. The number of aromatic amines is 1. The number of hydrogen-bond acceptors (Lipinski definition) is 6. The molecule has 4 rings (SSSR count). The van der Waals surface area contributed by atoms with Gasteiger partial charge in [0.05, 0.1) is 5.69 Å². The number of amides is 1. The molecule has 7 nitrogen and oxygen atoms in total. The molecule has 0 spiro atoms. The number of thiophene rings is 1. The van der Waals surface area contributed by atoms with Gasteiger partial charge >= 0.3 is 0 Å². The summed E-state index contributed by atoms with van der Waals surface area (Å²) in [7, 11) is 0. The first-order valence-electron chi connectivity index (χ1n) is 8.20. The van der Waals surface area contributed by atoms with E-state index in [-0.39, 0.29) is 11.9 Å². The van der Waals surface area contributed by atoms with Crippen LogP contribution in [0.25, 0.3) is 11.3 Å². The minimum absolute atomic E-state index is 0.0675. The first kappa shape index (κ1) is 15.8. The molecule has 0 radical (unpaired) electrons. The van der Waals surface area contributed by atoms with Crippen LogP contribution in [0.4, 0.5) is 5.95 Å². The molecule has 1 aliphatic heterocycles. The summed E-state index contributed by atoms with van der Waals surface area (Å²) in [5.41, 5.74) is 2.29. The molecule has 1 saturated heterocycles. The van der Waals surface area contributed by atoms with Gasteiger partial charge in [0.2, 0.25) is 5.95 Å². The van der Waals surface area contributed by atoms with Crippen LogP contribution in [0, 0.1) is 0 Å². The summed E-state index contributed by atoms with van der Waals surface area (Å²) in [5.74, 6) is 0.581. The summed E-state index contributed by atoms with van der Waals surface area (Å²) in [6, 6.07) is 5.65. The van der Waals surface area contributed by atoms with Gasteiger partial charge < -0.3 is 10.2 Å². The van der Waals surface area contributed by atoms with Crippen LogP contribution in [-0.2, 0) is 0 Å². The highest BCUT2D eigenvalue weighted by Crippen LogP contribution is 2.21. The number of aromatic nitrogens is 4. The monoisotopic (exact) mass is 354 g/mol. The van der Waals surface area contributed by atoms with Gasteiger partial charge in [0.25, 0.3) is 5.91 Å². The van der Waals surface area contributed by atoms with E-state index in [2.05, 4.69) is 30.4 Å². The molecule has 0 bridgehead atoms. The Kier molecular flexibility index (Phi) is 4.43. The lowest BCUT2D eigenvalue weighted by Crippen LogP contribution is -2.48. The standard InChI is InChI=1S/C17H18N6OS/c24-16(15-9-14(21-22-15)12-4-8-25-11-12)20-13-3-1-7-23(10-13)17-18-5-2-6-19-17/h2,4-6,8-9,11,13H,1,3,7,10H2,(H,20,24)(H,21,22)/t13-/m0/s1. The molecule has 0 saturated carbocycles. The van der Waals surface area contributed by atoms with Crippen LogP contribution in [0.15, 0.2) is 41.4 Å². The van der Waals surface area contributed by atoms with Gasteiger partial charge in [-0.3, -0.25) is 9.89 Å². The number of carbonyl (C=O) groups excluding carboxylic acids is 1. The molecule has 128 valence electrons. The molecule has 3 aromatic heterocycles. The maximum atomic E-state index is 12.5. The Labute approximate surface area is 149 Å². The summed E-state index contributed by atoms with van der Waals surface area (Å²) >= 11 is 1.61. The maximum Gasteiger partial charge on any atom is 0.269 e. The third-order valence-electron chi connectivity index (χ3n) is 4.23. The van der Waals surface area contributed by atoms with Gasteiger partial charge in [-0.1, -0.05) is 0 Å². The van der Waals surface area contributed by atoms with Crippen LogP contribution in [0.3, 0.4) is 0 Å². The van der Waals surface area contributed by atoms with Crippen molar-refractivity contribution in [1.29, 1.82) is 0 Å². The van der Waals surface area contributed by atoms with E-state index in [1.807, 2.05) is 16.8 Å². The Bertz CT molecular complexity index is 832. The lowest BCUT2D eigenvalue weighted by Gasteiger charge is -2.32. The van der Waals surface area contributed by atoms with Crippen molar-refractivity contribution in [2.75, 3.05) is 18.0 Å². The number of hydrogen-bond donors (Lipinski definition) is 2. The molecular weight excluding hydrogens is 336 g/mol. The molecule has 25 heavy (non-hydrogen) atoms. The van der Waals surface area contributed by atoms with Gasteiger partial charge in [-0.2, -0.15) is 16.4 Å². The quantitative estimate of drug-likeness (QED) is 0.751. The Balaban J connectivity index is 1.40. The molecule has 4 heterocycles. The van der Waals surface area contributed by atoms with Crippen molar-refractivity contribution in [1.82, 2.24) is 25.5 Å². The van der Waals surface area contributed by atoms with Crippen molar-refractivity contribution in [2.24, 2.45) is 0 Å². The van der Waals surface area contributed by atoms with Gasteiger partial charge in [0.15, 0.2) is 0 Å². The Hall–Kier alpha value is -2.74. The molecule has 3 aromatic rings. The molecule has 8 heteroatoms. The number of anilines is 1. The van der Waals surface area contributed by atoms with Crippen molar-refractivity contribution in [3.63, 3.8) is 0 Å². The molecule has 1 fully saturated rings. The predicted octanol–water partition coefficient (Wildman–Crippen LogP) is 2.33. The molecule has 1 aliphatic rings. The second-order valence-corrected chi connectivity index (χ2v) is 6.77. The predicted molar refractivity (Wildman–Crippen MR) is 96.6 cm³/mol. The zero-order valence-corrected chi connectivity index (χ0v) is 14.4. The zero-order chi connectivity index (χ0) is 17.1. The molecule has 2 N–H and O–H groups in total. The van der Waals surface area contributed by atoms with Crippen LogP contribution in [-0.4, -0.2) is 45.2 Å². The highest BCUT2D eigenvalue weighted by molar-refractivity contribution is 7.08. The number of rotatable bonds is 4. The van der Waals surface area contributed by atoms with E-state index < -0.39 is 0 Å². The van der Waals surface area contributed by atoms with Crippen LogP contribution in [0.1, 0.15) is 23.3 Å². The van der Waals surface area contributed by atoms with Crippen molar-refractivity contribution in [3.8, 4) is 11.3 Å². The largest absolute Gasteiger partial charge is 0.346 e. The van der Waals surface area contributed by atoms with Gasteiger partial charge in [0, 0.05) is 42.5 Å². The van der Waals surface area contributed by atoms with Crippen LogP contribution in [0.2, 0.25) is 0 Å². The van der Waals surface area contributed by atoms with E-state index in [0.29, 0.717) is 18.2 Å². The fourth-order valence-electron chi connectivity index (χ4n) is 2.99. The Morgan fingerprint density at radius 1 is 1.36 bits per heavy atom. The van der Waals surface area contributed by atoms with Gasteiger partial charge in [0.1, 0.15) is 5.69 Å². The van der Waals surface area contributed by atoms with Gasteiger partial charge in [-0.15, -0.1) is 0 Å². The fourth-order valence-corrected chi connectivity index (χ4v) is 3.64. The second kappa shape index (κ2) is 7.02. The second-order valence-electron chi connectivity index (χ2n) is 5.99. The van der Waals surface area contributed by atoms with Crippen molar-refractivity contribution in [2.45, 2.75) is 18.9 Å². The smallest absolute Gasteiger partial charge is 0.269 e. The fraction of sp³-hybridized carbons (Fsp3) is 0.294. The number of nitrogens with one attached hydrogen (secondary N) is 2. The lowest BCUT2D eigenvalue weighted by molar-refractivity contribution is 0.0928. The van der Waals surface area contributed by atoms with E-state index in [1.54, 1.807) is 35.9 Å². The first-order chi connectivity index (χ1) is 12.3. The van der Waals surface area contributed by atoms with Gasteiger partial charge in [-0.25, -0.2) is 9.97 Å². The first-order valence-corrected chi connectivity index (χ1v) is 9.15. The molecule has 0 aliphatic carbocycles. The lowest BCUT2D eigenvalue weighted by atomic mass is 10.1. The number of H-pyrrole nitrogens is 1. The minimum atomic E-state index is -0.130. The summed E-state index contributed by atoms with van der Waals surface area (Å²) < 4.78 is 0. The van der Waals surface area contributed by atoms with E-state index in [9.17, 15) is 4.79 Å². The highest BCUT2D eigenvalue weighted by atomic mass is 32.1. The van der Waals surface area contributed by atoms with Crippen LogP contribution < -0.4 is 10.2 Å². The summed E-state index contributed by atoms with van der Waals surface area (Å²) in [6.07, 6.45) is 5.41. The average molecular weight is 354 g/mol. The van der Waals surface area contributed by atoms with E-state index in [0.717, 1.165) is 30.6 Å². The summed E-state index contributed by atoms with van der Waals surface area (Å²) in [6.45, 7) is 1.62. The van der Waals surface area contributed by atoms with E-state index in [1.165, 1.54) is 0 Å². The Morgan fingerprint density at radius 2 is 2.24 bits per heavy atom. The van der Waals surface area contributed by atoms with Crippen molar-refractivity contribution < 1.29 is 4.79 Å². The van der Waals surface area contributed by atoms with Crippen molar-refractivity contribution in [3.05, 3.63) is 47.0 Å². The molecule has 0 unspecified atom stereocenters. The topological polar surface area (TPSA) is 86.8 Å². The van der Waals surface area contributed by atoms with Crippen LogP contribution >= 0.6 is 11.3 Å². The summed E-state index contributed by atoms with van der Waals surface area (Å²) in [5, 5.41) is 14.1. The van der Waals surface area contributed by atoms with Crippen LogP contribution in [0.5, 0.6) is 0 Å². The molecular formula is C17H18N6OS. The highest BCUT2D eigenvalue weighted by Gasteiger charge is 2.24. The van der Waals surface area contributed by atoms with Crippen molar-refractivity contribution >= 4 is 23.2 Å². The zero-order valence-electron chi connectivity index (χ0n) is 13.6. The van der Waals surface area contributed by atoms with E-state index in [4.69, 9.17) is 0 Å². The molecule has 1 atom stereocenters. The normalized spacial score (nSPS) is 17.4. The third-order valence-corrected chi connectivity index (χ3v) is 4.91. The SMILES string of the molecule is O=C(N[C@H]1CCCN(c2ncccn2)C1)c1cc(-c2ccsc2)n[nH]1. The maximum absolute atomic E-state index is 12.5. The average Bonchev–Trinajstić information content (AvgIpc) is 3.34. The van der Waals surface area contributed by atoms with E-state index >= 15 is 0 Å². The number of nitrogens with zero attached hydrogens (tertiary/aromatic N) is 4. The van der Waals surface area contributed by atoms with Gasteiger partial charge in [-0.05, 0) is 36.4 Å². The Morgan fingerprint density at radius 3 is 3.04 bits per heavy atom. The molecule has 0 aromatic carbocycles. The number of piperidine rings is 1. The summed E-state index contributed by atoms with van der Waals surface area (Å²) in [4.78, 5) is 23.2.